The van der Waals surface area contributed by atoms with Gasteiger partial charge in [-0.25, -0.2) is 4.98 Å². The summed E-state index contributed by atoms with van der Waals surface area (Å²) in [6.45, 7) is 4.84. The molecule has 0 aliphatic carbocycles. The van der Waals surface area contributed by atoms with Crippen molar-refractivity contribution in [3.63, 3.8) is 0 Å². The van der Waals surface area contributed by atoms with Gasteiger partial charge in [0.2, 0.25) is 5.91 Å². The molecule has 0 aliphatic rings. The predicted octanol–water partition coefficient (Wildman–Crippen LogP) is 1.78. The summed E-state index contributed by atoms with van der Waals surface area (Å²) in [6.07, 6.45) is 5.41. The van der Waals surface area contributed by atoms with Crippen molar-refractivity contribution in [1.82, 2.24) is 14.7 Å². The van der Waals surface area contributed by atoms with Crippen molar-refractivity contribution in [1.29, 1.82) is 0 Å². The first-order valence-corrected chi connectivity index (χ1v) is 7.42. The van der Waals surface area contributed by atoms with Crippen molar-refractivity contribution in [3.05, 3.63) is 23.5 Å². The molecule has 2 aromatic rings. The normalized spacial score (nSPS) is 11.9. The zero-order valence-electron chi connectivity index (χ0n) is 11.3. The van der Waals surface area contributed by atoms with Crippen LogP contribution in [0, 0.1) is 5.41 Å². The number of rotatable bonds is 6. The lowest BCUT2D eigenvalue weighted by Crippen LogP contribution is -2.45. The number of fused-ring (bicyclic) bond motifs is 1. The molecule has 0 atom stereocenters. The number of hydrogen-bond acceptors (Lipinski definition) is 4. The van der Waals surface area contributed by atoms with Crippen LogP contribution in [0.3, 0.4) is 0 Å². The van der Waals surface area contributed by atoms with E-state index >= 15 is 0 Å². The van der Waals surface area contributed by atoms with Crippen molar-refractivity contribution in [2.24, 2.45) is 11.1 Å². The van der Waals surface area contributed by atoms with E-state index in [-0.39, 0.29) is 5.91 Å². The molecule has 0 saturated carbocycles. The molecule has 0 bridgehead atoms. The lowest BCUT2D eigenvalue weighted by atomic mass is 9.81. The van der Waals surface area contributed by atoms with Gasteiger partial charge in [-0.1, -0.05) is 13.8 Å². The number of carbonyl (C=O) groups excluding carboxylic acids is 1. The second-order valence-corrected chi connectivity index (χ2v) is 5.57. The molecule has 0 aliphatic heterocycles. The number of aromatic nitrogens is 2. The van der Waals surface area contributed by atoms with E-state index in [0.29, 0.717) is 13.1 Å². The second kappa shape index (κ2) is 5.71. The summed E-state index contributed by atoms with van der Waals surface area (Å²) in [5, 5.41) is 4.94. The van der Waals surface area contributed by atoms with Gasteiger partial charge in [-0.15, -0.1) is 11.3 Å². The third-order valence-corrected chi connectivity index (χ3v) is 4.57. The van der Waals surface area contributed by atoms with Crippen LogP contribution in [0.5, 0.6) is 0 Å². The summed E-state index contributed by atoms with van der Waals surface area (Å²) < 4.78 is 1.96. The lowest BCUT2D eigenvalue weighted by molar-refractivity contribution is -0.131. The number of hydrogen-bond donors (Lipinski definition) is 2. The van der Waals surface area contributed by atoms with E-state index in [1.165, 1.54) is 0 Å². The highest BCUT2D eigenvalue weighted by molar-refractivity contribution is 7.15. The van der Waals surface area contributed by atoms with Gasteiger partial charge in [-0.05, 0) is 12.8 Å². The van der Waals surface area contributed by atoms with Crippen molar-refractivity contribution >= 4 is 22.2 Å². The lowest BCUT2D eigenvalue weighted by Gasteiger charge is -2.28. The number of imidazole rings is 1. The van der Waals surface area contributed by atoms with Crippen LogP contribution in [0.25, 0.3) is 4.96 Å². The smallest absolute Gasteiger partial charge is 0.227 e. The third kappa shape index (κ3) is 2.64. The van der Waals surface area contributed by atoms with Gasteiger partial charge in [0, 0.05) is 24.3 Å². The van der Waals surface area contributed by atoms with E-state index in [1.807, 2.05) is 36.0 Å². The van der Waals surface area contributed by atoms with Gasteiger partial charge in [0.25, 0.3) is 0 Å². The molecular weight excluding hydrogens is 260 g/mol. The highest BCUT2D eigenvalue weighted by atomic mass is 32.1. The average molecular weight is 280 g/mol. The molecule has 0 aromatic carbocycles. The average Bonchev–Trinajstić information content (AvgIpc) is 2.99. The Morgan fingerprint density at radius 2 is 2.26 bits per heavy atom. The fourth-order valence-electron chi connectivity index (χ4n) is 2.17. The van der Waals surface area contributed by atoms with Gasteiger partial charge in [-0.2, -0.15) is 0 Å². The van der Waals surface area contributed by atoms with Gasteiger partial charge in [0.1, 0.15) is 0 Å². The molecule has 0 spiro atoms. The van der Waals surface area contributed by atoms with Crippen LogP contribution in [0.15, 0.2) is 17.8 Å². The maximum Gasteiger partial charge on any atom is 0.227 e. The SMILES string of the molecule is CCC(CC)(CN)C(=O)NCc1cn2ccsc2n1. The number of carbonyl (C=O) groups is 1. The number of nitrogens with one attached hydrogen (secondary N) is 1. The molecule has 0 radical (unpaired) electrons. The minimum absolute atomic E-state index is 0.0244. The molecule has 1 amide bonds. The van der Waals surface area contributed by atoms with Crippen LogP contribution in [0.4, 0.5) is 0 Å². The molecule has 2 heterocycles. The molecule has 104 valence electrons. The van der Waals surface area contributed by atoms with Crippen molar-refractivity contribution in [3.8, 4) is 0 Å². The molecule has 5 nitrogen and oxygen atoms in total. The highest BCUT2D eigenvalue weighted by Gasteiger charge is 2.33. The van der Waals surface area contributed by atoms with Crippen LogP contribution < -0.4 is 11.1 Å². The zero-order chi connectivity index (χ0) is 13.9. The standard InChI is InChI=1S/C13H20N4OS/c1-3-13(4-2,9-14)11(18)15-7-10-8-17-5-6-19-12(17)16-10/h5-6,8H,3-4,7,9,14H2,1-2H3,(H,15,18). The molecule has 0 unspecified atom stereocenters. The van der Waals surface area contributed by atoms with E-state index in [2.05, 4.69) is 10.3 Å². The molecule has 3 N–H and O–H groups in total. The first kappa shape index (κ1) is 14.0. The summed E-state index contributed by atoms with van der Waals surface area (Å²) in [5.41, 5.74) is 6.19. The molecule has 0 fully saturated rings. The minimum atomic E-state index is -0.447. The van der Waals surface area contributed by atoms with Gasteiger partial charge in [0.05, 0.1) is 17.7 Å². The molecule has 6 heteroatoms. The number of amides is 1. The van der Waals surface area contributed by atoms with Gasteiger partial charge in [0.15, 0.2) is 4.96 Å². The van der Waals surface area contributed by atoms with Crippen LogP contribution in [0.2, 0.25) is 0 Å². The summed E-state index contributed by atoms with van der Waals surface area (Å²) in [6, 6.07) is 0. The topological polar surface area (TPSA) is 72.4 Å². The van der Waals surface area contributed by atoms with Crippen LogP contribution in [-0.4, -0.2) is 21.8 Å². The fourth-order valence-corrected chi connectivity index (χ4v) is 2.89. The summed E-state index contributed by atoms with van der Waals surface area (Å²) >= 11 is 1.58. The monoisotopic (exact) mass is 280 g/mol. The molecule has 19 heavy (non-hydrogen) atoms. The van der Waals surface area contributed by atoms with Gasteiger partial charge in [-0.3, -0.25) is 9.20 Å². The van der Waals surface area contributed by atoms with E-state index in [0.717, 1.165) is 23.5 Å². The van der Waals surface area contributed by atoms with Gasteiger partial charge >= 0.3 is 0 Å². The minimum Gasteiger partial charge on any atom is -0.350 e. The van der Waals surface area contributed by atoms with Crippen molar-refractivity contribution in [2.45, 2.75) is 33.2 Å². The summed E-state index contributed by atoms with van der Waals surface area (Å²) in [7, 11) is 0. The molecule has 0 saturated heterocycles. The quantitative estimate of drug-likeness (QED) is 0.847. The number of thiazole rings is 1. The Morgan fingerprint density at radius 3 is 2.84 bits per heavy atom. The first-order valence-electron chi connectivity index (χ1n) is 6.54. The Kier molecular flexibility index (Phi) is 4.21. The molecular formula is C13H20N4OS. The number of nitrogens with zero attached hydrogens (tertiary/aromatic N) is 2. The maximum atomic E-state index is 12.3. The molecule has 2 rings (SSSR count). The Bertz CT molecular complexity index is 519. The number of nitrogens with two attached hydrogens (primary N) is 1. The Balaban J connectivity index is 2.01. The Labute approximate surface area is 116 Å². The van der Waals surface area contributed by atoms with E-state index in [9.17, 15) is 4.79 Å². The Morgan fingerprint density at radius 1 is 1.53 bits per heavy atom. The van der Waals surface area contributed by atoms with Gasteiger partial charge < -0.3 is 11.1 Å². The summed E-state index contributed by atoms with van der Waals surface area (Å²) in [5.74, 6) is 0.0244. The van der Waals surface area contributed by atoms with E-state index in [1.54, 1.807) is 11.3 Å². The zero-order valence-corrected chi connectivity index (χ0v) is 12.2. The first-order chi connectivity index (χ1) is 9.15. The largest absolute Gasteiger partial charge is 0.350 e. The fraction of sp³-hybridized carbons (Fsp3) is 0.538. The van der Waals surface area contributed by atoms with Crippen LogP contribution in [-0.2, 0) is 11.3 Å². The maximum absolute atomic E-state index is 12.3. The third-order valence-electron chi connectivity index (χ3n) is 3.80. The second-order valence-electron chi connectivity index (χ2n) is 4.70. The predicted molar refractivity (Wildman–Crippen MR) is 77.0 cm³/mol. The van der Waals surface area contributed by atoms with E-state index in [4.69, 9.17) is 5.73 Å². The van der Waals surface area contributed by atoms with Crippen molar-refractivity contribution < 1.29 is 4.79 Å². The van der Waals surface area contributed by atoms with Crippen molar-refractivity contribution in [2.75, 3.05) is 6.54 Å². The highest BCUT2D eigenvalue weighted by Crippen LogP contribution is 2.25. The van der Waals surface area contributed by atoms with Crippen LogP contribution >= 0.6 is 11.3 Å². The van der Waals surface area contributed by atoms with E-state index < -0.39 is 5.41 Å². The van der Waals surface area contributed by atoms with Crippen LogP contribution in [0.1, 0.15) is 32.4 Å². The summed E-state index contributed by atoms with van der Waals surface area (Å²) in [4.78, 5) is 17.6. The molecule has 2 aromatic heterocycles. The Hall–Kier alpha value is -1.40.